The number of piperazine rings is 1. The van der Waals surface area contributed by atoms with Crippen molar-refractivity contribution in [2.24, 2.45) is 0 Å². The lowest BCUT2D eigenvalue weighted by molar-refractivity contribution is 0.0240. The second kappa shape index (κ2) is 11.5. The highest BCUT2D eigenvalue weighted by Crippen LogP contribution is 2.34. The van der Waals surface area contributed by atoms with E-state index in [-0.39, 0.29) is 29.6 Å². The van der Waals surface area contributed by atoms with Gasteiger partial charge in [-0.05, 0) is 31.4 Å². The smallest absolute Gasteiger partial charge is 0.255 e. The molecule has 1 N–H and O–H groups in total. The number of nitrogens with zero attached hydrogens (tertiary/aromatic N) is 2. The van der Waals surface area contributed by atoms with E-state index < -0.39 is 10.0 Å². The van der Waals surface area contributed by atoms with Crippen molar-refractivity contribution in [3.63, 3.8) is 0 Å². The van der Waals surface area contributed by atoms with Gasteiger partial charge in [0.15, 0.2) is 0 Å². The van der Waals surface area contributed by atoms with Crippen LogP contribution < -0.4 is 10.1 Å². The summed E-state index contributed by atoms with van der Waals surface area (Å²) < 4.78 is 31.8. The maximum absolute atomic E-state index is 12.9. The molecule has 0 atom stereocenters. The van der Waals surface area contributed by atoms with E-state index in [9.17, 15) is 13.2 Å². The van der Waals surface area contributed by atoms with E-state index in [1.165, 1.54) is 6.42 Å². The quantitative estimate of drug-likeness (QED) is 0.628. The Morgan fingerprint density at radius 2 is 1.74 bits per heavy atom. The van der Waals surface area contributed by atoms with Gasteiger partial charge in [0.2, 0.25) is 10.0 Å². The van der Waals surface area contributed by atoms with Crippen molar-refractivity contribution in [1.82, 2.24) is 14.5 Å². The molecule has 3 rings (SSSR count). The molecule has 1 aliphatic carbocycles. The number of carbonyl (C=O) groups excluding carboxylic acids is 1. The van der Waals surface area contributed by atoms with Crippen LogP contribution in [0.4, 0.5) is 0 Å². The lowest BCUT2D eigenvalue weighted by atomic mass is 9.79. The van der Waals surface area contributed by atoms with Crippen molar-refractivity contribution in [3.8, 4) is 5.75 Å². The van der Waals surface area contributed by atoms with Crippen LogP contribution in [0.2, 0.25) is 0 Å². The predicted molar refractivity (Wildman–Crippen MR) is 126 cm³/mol. The van der Waals surface area contributed by atoms with E-state index in [2.05, 4.69) is 10.2 Å². The largest absolute Gasteiger partial charge is 0.496 e. The van der Waals surface area contributed by atoms with Gasteiger partial charge in [-0.3, -0.25) is 9.69 Å². The van der Waals surface area contributed by atoms with E-state index in [0.29, 0.717) is 50.5 Å². The number of sulfonamides is 1. The molecule has 176 valence electrons. The molecule has 2 fully saturated rings. The van der Waals surface area contributed by atoms with Crippen LogP contribution >= 0.6 is 12.4 Å². The molecular formula is C22H36ClN3O4S. The summed E-state index contributed by atoms with van der Waals surface area (Å²) in [6.07, 6.45) is 6.19. The van der Waals surface area contributed by atoms with E-state index in [1.54, 1.807) is 23.5 Å². The molecule has 31 heavy (non-hydrogen) atoms. The third kappa shape index (κ3) is 6.12. The van der Waals surface area contributed by atoms with Crippen LogP contribution in [0.1, 0.15) is 55.8 Å². The molecule has 1 heterocycles. The predicted octanol–water partition coefficient (Wildman–Crippen LogP) is 2.91. The fourth-order valence-electron chi connectivity index (χ4n) is 4.81. The highest BCUT2D eigenvalue weighted by atomic mass is 35.5. The molecule has 1 aromatic rings. The third-order valence-corrected chi connectivity index (χ3v) is 8.55. The monoisotopic (exact) mass is 473 g/mol. The number of methoxy groups -OCH3 is 1. The average Bonchev–Trinajstić information content (AvgIpc) is 2.78. The summed E-state index contributed by atoms with van der Waals surface area (Å²) in [6, 6.07) is 7.26. The first-order valence-corrected chi connectivity index (χ1v) is 12.7. The first-order valence-electron chi connectivity index (χ1n) is 11.1. The fraction of sp³-hybridized carbons (Fsp3) is 0.682. The molecular weight excluding hydrogens is 438 g/mol. The Bertz CT molecular complexity index is 820. The Labute approximate surface area is 193 Å². The van der Waals surface area contributed by atoms with Gasteiger partial charge in [0.1, 0.15) is 5.75 Å². The third-order valence-electron chi connectivity index (χ3n) is 6.48. The molecule has 1 saturated heterocycles. The SMILES string of the molecule is CCCS(=O)(=O)N1CCN(C2(CNC(=O)c3ccccc3OC)CCCCC2)CC1.Cl. The van der Waals surface area contributed by atoms with Gasteiger partial charge in [-0.2, -0.15) is 4.31 Å². The molecule has 0 bridgehead atoms. The maximum Gasteiger partial charge on any atom is 0.255 e. The summed E-state index contributed by atoms with van der Waals surface area (Å²) in [5.41, 5.74) is 0.442. The number of amides is 1. The summed E-state index contributed by atoms with van der Waals surface area (Å²) in [4.78, 5) is 15.3. The summed E-state index contributed by atoms with van der Waals surface area (Å²) in [7, 11) is -1.58. The second-order valence-corrected chi connectivity index (χ2v) is 10.5. The van der Waals surface area contributed by atoms with E-state index in [4.69, 9.17) is 4.74 Å². The van der Waals surface area contributed by atoms with Crippen LogP contribution in [0.15, 0.2) is 24.3 Å². The van der Waals surface area contributed by atoms with Crippen molar-refractivity contribution >= 4 is 28.3 Å². The van der Waals surface area contributed by atoms with E-state index >= 15 is 0 Å². The molecule has 9 heteroatoms. The summed E-state index contributed by atoms with van der Waals surface area (Å²) in [5, 5.41) is 3.15. The van der Waals surface area contributed by atoms with Crippen LogP contribution in [0.25, 0.3) is 0 Å². The first-order chi connectivity index (χ1) is 14.4. The number of para-hydroxylation sites is 1. The first kappa shape index (κ1) is 25.9. The number of ether oxygens (including phenoxy) is 1. The van der Waals surface area contributed by atoms with Gasteiger partial charge in [-0.1, -0.05) is 38.3 Å². The molecule has 2 aliphatic rings. The van der Waals surface area contributed by atoms with Crippen molar-refractivity contribution < 1.29 is 17.9 Å². The number of halogens is 1. The second-order valence-electron chi connectivity index (χ2n) is 8.37. The van der Waals surface area contributed by atoms with Crippen molar-refractivity contribution in [3.05, 3.63) is 29.8 Å². The fourth-order valence-corrected chi connectivity index (χ4v) is 6.31. The van der Waals surface area contributed by atoms with Gasteiger partial charge in [0.05, 0.1) is 18.4 Å². The van der Waals surface area contributed by atoms with Gasteiger partial charge in [0.25, 0.3) is 5.91 Å². The maximum atomic E-state index is 12.9. The molecule has 0 unspecified atom stereocenters. The van der Waals surface area contributed by atoms with Crippen LogP contribution in [-0.4, -0.2) is 74.7 Å². The van der Waals surface area contributed by atoms with Gasteiger partial charge >= 0.3 is 0 Å². The zero-order valence-electron chi connectivity index (χ0n) is 18.6. The van der Waals surface area contributed by atoms with Gasteiger partial charge < -0.3 is 10.1 Å². The minimum absolute atomic E-state index is 0. The van der Waals surface area contributed by atoms with Crippen molar-refractivity contribution in [1.29, 1.82) is 0 Å². The molecule has 1 aliphatic heterocycles. The lowest BCUT2D eigenvalue weighted by Gasteiger charge is -2.49. The zero-order valence-corrected chi connectivity index (χ0v) is 20.3. The summed E-state index contributed by atoms with van der Waals surface area (Å²) in [5.74, 6) is 0.664. The van der Waals surface area contributed by atoms with Gasteiger partial charge in [0, 0.05) is 38.3 Å². The number of rotatable bonds is 8. The standard InChI is InChI=1S/C22H35N3O4S.ClH/c1-3-17-30(27,28)25-15-13-24(14-16-25)22(11-7-4-8-12-22)18-23-21(26)19-9-5-6-10-20(19)29-2;/h5-6,9-10H,3-4,7-8,11-18H2,1-2H3,(H,23,26);1H. The van der Waals surface area contributed by atoms with Crippen LogP contribution in [0, 0.1) is 0 Å². The average molecular weight is 474 g/mol. The lowest BCUT2D eigenvalue weighted by Crippen LogP contribution is -2.62. The number of benzene rings is 1. The number of nitrogens with one attached hydrogen (secondary N) is 1. The van der Waals surface area contributed by atoms with E-state index in [0.717, 1.165) is 25.7 Å². The van der Waals surface area contributed by atoms with E-state index in [1.807, 2.05) is 19.1 Å². The highest BCUT2D eigenvalue weighted by Gasteiger charge is 2.41. The Morgan fingerprint density at radius 3 is 2.35 bits per heavy atom. The Hall–Kier alpha value is -1.35. The molecule has 1 aromatic carbocycles. The molecule has 0 aromatic heterocycles. The van der Waals surface area contributed by atoms with Crippen LogP contribution in [0.3, 0.4) is 0 Å². The summed E-state index contributed by atoms with van der Waals surface area (Å²) in [6.45, 7) is 4.97. The van der Waals surface area contributed by atoms with Crippen molar-refractivity contribution in [2.75, 3.05) is 45.6 Å². The minimum atomic E-state index is -3.15. The Balaban J connectivity index is 0.00000341. The number of carbonyl (C=O) groups is 1. The number of hydrogen-bond donors (Lipinski definition) is 1. The molecule has 7 nitrogen and oxygen atoms in total. The normalized spacial score (nSPS) is 19.9. The Morgan fingerprint density at radius 1 is 1.10 bits per heavy atom. The van der Waals surface area contributed by atoms with Crippen LogP contribution in [-0.2, 0) is 10.0 Å². The summed E-state index contributed by atoms with van der Waals surface area (Å²) >= 11 is 0. The molecule has 0 radical (unpaired) electrons. The minimum Gasteiger partial charge on any atom is -0.496 e. The molecule has 1 amide bonds. The Kier molecular flexibility index (Phi) is 9.61. The number of hydrogen-bond acceptors (Lipinski definition) is 5. The van der Waals surface area contributed by atoms with Gasteiger partial charge in [-0.25, -0.2) is 8.42 Å². The topological polar surface area (TPSA) is 79.0 Å². The highest BCUT2D eigenvalue weighted by molar-refractivity contribution is 7.89. The van der Waals surface area contributed by atoms with Crippen LogP contribution in [0.5, 0.6) is 5.75 Å². The zero-order chi connectivity index (χ0) is 21.6. The molecule has 1 saturated carbocycles. The van der Waals surface area contributed by atoms with Crippen molar-refractivity contribution in [2.45, 2.75) is 51.0 Å². The van der Waals surface area contributed by atoms with Gasteiger partial charge in [-0.15, -0.1) is 12.4 Å². The molecule has 0 spiro atoms.